The number of rotatable bonds is 6. The van der Waals surface area contributed by atoms with Gasteiger partial charge in [0.1, 0.15) is 5.82 Å². The van der Waals surface area contributed by atoms with Crippen LogP contribution in [0.15, 0.2) is 18.2 Å². The van der Waals surface area contributed by atoms with E-state index in [1.54, 1.807) is 0 Å². The van der Waals surface area contributed by atoms with Gasteiger partial charge in [-0.05, 0) is 45.3 Å². The Morgan fingerprint density at radius 3 is 2.65 bits per heavy atom. The zero-order chi connectivity index (χ0) is 15.1. The van der Waals surface area contributed by atoms with Gasteiger partial charge in [0.15, 0.2) is 0 Å². The molecule has 0 aliphatic rings. The van der Waals surface area contributed by atoms with E-state index in [-0.39, 0.29) is 5.69 Å². The van der Waals surface area contributed by atoms with Gasteiger partial charge in [-0.15, -0.1) is 0 Å². The summed E-state index contributed by atoms with van der Waals surface area (Å²) in [6, 6.07) is 2.94. The second kappa shape index (κ2) is 7.44. The van der Waals surface area contributed by atoms with Gasteiger partial charge in [-0.1, -0.05) is 0 Å². The third kappa shape index (κ3) is 5.23. The summed E-state index contributed by atoms with van der Waals surface area (Å²) in [7, 11) is 3.87. The summed E-state index contributed by atoms with van der Waals surface area (Å²) in [4.78, 5) is 24.3. The Morgan fingerprint density at radius 2 is 2.05 bits per heavy atom. The molecule has 20 heavy (non-hydrogen) atoms. The highest BCUT2D eigenvalue weighted by Crippen LogP contribution is 2.14. The van der Waals surface area contributed by atoms with Crippen LogP contribution in [-0.4, -0.2) is 49.2 Å². The van der Waals surface area contributed by atoms with E-state index in [0.717, 1.165) is 25.1 Å². The Bertz CT molecular complexity index is 492. The van der Waals surface area contributed by atoms with Crippen LogP contribution in [0, 0.1) is 5.82 Å². The third-order valence-electron chi connectivity index (χ3n) is 2.52. The summed E-state index contributed by atoms with van der Waals surface area (Å²) in [6.45, 7) is 1.34. The van der Waals surface area contributed by atoms with E-state index in [4.69, 9.17) is 5.11 Å². The van der Waals surface area contributed by atoms with Gasteiger partial charge in [-0.3, -0.25) is 0 Å². The van der Waals surface area contributed by atoms with Crippen LogP contribution in [-0.2, 0) is 0 Å². The lowest BCUT2D eigenvalue weighted by molar-refractivity contribution is 0.0692. The molecule has 1 aromatic rings. The molecule has 0 radical (unpaired) electrons. The van der Waals surface area contributed by atoms with Crippen molar-refractivity contribution in [2.75, 3.05) is 32.5 Å². The molecule has 0 saturated heterocycles. The number of carboxylic acids is 1. The Labute approximate surface area is 116 Å². The van der Waals surface area contributed by atoms with Gasteiger partial charge >= 0.3 is 12.0 Å². The lowest BCUT2D eigenvalue weighted by Gasteiger charge is -2.11. The van der Waals surface area contributed by atoms with Crippen LogP contribution in [0.5, 0.6) is 0 Å². The largest absolute Gasteiger partial charge is 0.478 e. The molecule has 0 heterocycles. The van der Waals surface area contributed by atoms with Crippen LogP contribution in [0.2, 0.25) is 0 Å². The first kappa shape index (κ1) is 15.9. The number of aromatic carboxylic acids is 1. The predicted octanol–water partition coefficient (Wildman–Crippen LogP) is 1.60. The van der Waals surface area contributed by atoms with Crippen molar-refractivity contribution in [3.63, 3.8) is 0 Å². The molecule has 0 aromatic heterocycles. The molecule has 0 aliphatic carbocycles. The number of hydrogen-bond acceptors (Lipinski definition) is 3. The normalized spacial score (nSPS) is 10.4. The molecule has 0 aliphatic heterocycles. The molecule has 1 aromatic carbocycles. The zero-order valence-corrected chi connectivity index (χ0v) is 11.4. The number of anilines is 1. The molecule has 7 heteroatoms. The van der Waals surface area contributed by atoms with E-state index >= 15 is 0 Å². The van der Waals surface area contributed by atoms with Crippen molar-refractivity contribution in [1.82, 2.24) is 10.2 Å². The summed E-state index contributed by atoms with van der Waals surface area (Å²) in [5.74, 6) is -2.22. The summed E-state index contributed by atoms with van der Waals surface area (Å²) >= 11 is 0. The van der Waals surface area contributed by atoms with Gasteiger partial charge in [-0.25, -0.2) is 14.0 Å². The highest BCUT2D eigenvalue weighted by Gasteiger charge is 2.11. The van der Waals surface area contributed by atoms with Crippen molar-refractivity contribution < 1.29 is 19.1 Å². The highest BCUT2D eigenvalue weighted by molar-refractivity contribution is 5.93. The quantitative estimate of drug-likeness (QED) is 0.693. The average molecular weight is 283 g/mol. The maximum atomic E-state index is 13.2. The molecule has 0 saturated carbocycles. The van der Waals surface area contributed by atoms with E-state index in [1.165, 1.54) is 6.07 Å². The fourth-order valence-corrected chi connectivity index (χ4v) is 1.54. The molecule has 0 atom stereocenters. The van der Waals surface area contributed by atoms with Crippen molar-refractivity contribution in [3.8, 4) is 0 Å². The number of nitrogens with zero attached hydrogens (tertiary/aromatic N) is 1. The van der Waals surface area contributed by atoms with Crippen molar-refractivity contribution in [1.29, 1.82) is 0 Å². The van der Waals surface area contributed by atoms with E-state index < -0.39 is 23.4 Å². The number of carbonyl (C=O) groups is 2. The van der Waals surface area contributed by atoms with Gasteiger partial charge < -0.3 is 20.6 Å². The first-order valence-electron chi connectivity index (χ1n) is 6.12. The zero-order valence-electron chi connectivity index (χ0n) is 11.4. The van der Waals surface area contributed by atoms with E-state index in [1.807, 2.05) is 19.0 Å². The van der Waals surface area contributed by atoms with E-state index in [2.05, 4.69) is 10.6 Å². The van der Waals surface area contributed by atoms with Crippen molar-refractivity contribution in [2.24, 2.45) is 0 Å². The number of benzene rings is 1. The molecular formula is C13H18FN3O3. The van der Waals surface area contributed by atoms with Gasteiger partial charge in [0.2, 0.25) is 0 Å². The van der Waals surface area contributed by atoms with E-state index in [9.17, 15) is 14.0 Å². The molecule has 110 valence electrons. The Hall–Kier alpha value is -2.15. The lowest BCUT2D eigenvalue weighted by Crippen LogP contribution is -2.31. The molecule has 0 fully saturated rings. The molecule has 0 spiro atoms. The fourth-order valence-electron chi connectivity index (χ4n) is 1.54. The van der Waals surface area contributed by atoms with Crippen molar-refractivity contribution in [2.45, 2.75) is 6.42 Å². The first-order valence-corrected chi connectivity index (χ1v) is 6.12. The second-order valence-electron chi connectivity index (χ2n) is 4.54. The molecular weight excluding hydrogens is 265 g/mol. The van der Waals surface area contributed by atoms with Gasteiger partial charge in [0.05, 0.1) is 5.56 Å². The maximum absolute atomic E-state index is 13.2. The first-order chi connectivity index (χ1) is 9.40. The fraction of sp³-hybridized carbons (Fsp3) is 0.385. The Balaban J connectivity index is 2.50. The van der Waals surface area contributed by atoms with Gasteiger partial charge in [0, 0.05) is 12.2 Å². The van der Waals surface area contributed by atoms with Crippen molar-refractivity contribution in [3.05, 3.63) is 29.6 Å². The molecule has 3 N–H and O–H groups in total. The summed E-state index contributed by atoms with van der Waals surface area (Å²) < 4.78 is 13.2. The molecule has 0 unspecified atom stereocenters. The van der Waals surface area contributed by atoms with Crippen molar-refractivity contribution >= 4 is 17.7 Å². The third-order valence-corrected chi connectivity index (χ3v) is 2.52. The number of halogens is 1. The van der Waals surface area contributed by atoms with Crippen LogP contribution in [0.1, 0.15) is 16.8 Å². The minimum absolute atomic E-state index is 0.230. The number of hydrogen-bond donors (Lipinski definition) is 3. The molecule has 6 nitrogen and oxygen atoms in total. The van der Waals surface area contributed by atoms with Crippen LogP contribution in [0.25, 0.3) is 0 Å². The number of carbonyl (C=O) groups excluding carboxylic acids is 1. The summed E-state index contributed by atoms with van der Waals surface area (Å²) in [6.07, 6.45) is 0.796. The van der Waals surface area contributed by atoms with Gasteiger partial charge in [-0.2, -0.15) is 0 Å². The summed E-state index contributed by atoms with van der Waals surface area (Å²) in [5, 5.41) is 13.9. The Kier molecular flexibility index (Phi) is 5.92. The standard InChI is InChI=1S/C13H18FN3O3/c1-17(2)7-3-6-15-13(20)16-9-4-5-11(14)10(8-9)12(18)19/h4-5,8H,3,6-7H2,1-2H3,(H,18,19)(H2,15,16,20). The highest BCUT2D eigenvalue weighted by atomic mass is 19.1. The molecule has 1 rings (SSSR count). The average Bonchev–Trinajstić information content (AvgIpc) is 2.36. The van der Waals surface area contributed by atoms with Gasteiger partial charge in [0.25, 0.3) is 0 Å². The SMILES string of the molecule is CN(C)CCCNC(=O)Nc1ccc(F)c(C(=O)O)c1. The predicted molar refractivity (Wildman–Crippen MR) is 73.6 cm³/mol. The topological polar surface area (TPSA) is 81.7 Å². The monoisotopic (exact) mass is 283 g/mol. The minimum atomic E-state index is -1.38. The smallest absolute Gasteiger partial charge is 0.338 e. The van der Waals surface area contributed by atoms with Crippen LogP contribution in [0.3, 0.4) is 0 Å². The van der Waals surface area contributed by atoms with Crippen LogP contribution >= 0.6 is 0 Å². The van der Waals surface area contributed by atoms with Crippen LogP contribution < -0.4 is 10.6 Å². The number of carboxylic acid groups (broad SMARTS) is 1. The minimum Gasteiger partial charge on any atom is -0.478 e. The van der Waals surface area contributed by atoms with E-state index in [0.29, 0.717) is 6.54 Å². The maximum Gasteiger partial charge on any atom is 0.338 e. The lowest BCUT2D eigenvalue weighted by atomic mass is 10.2. The van der Waals surface area contributed by atoms with Crippen LogP contribution in [0.4, 0.5) is 14.9 Å². The second-order valence-corrected chi connectivity index (χ2v) is 4.54. The number of nitrogens with one attached hydrogen (secondary N) is 2. The molecule has 2 amide bonds. The number of amides is 2. The number of urea groups is 1. The molecule has 0 bridgehead atoms. The summed E-state index contributed by atoms with van der Waals surface area (Å²) in [5.41, 5.74) is -0.246. The Morgan fingerprint density at radius 1 is 1.35 bits per heavy atom.